The summed E-state index contributed by atoms with van der Waals surface area (Å²) in [5.41, 5.74) is -1.65. The predicted molar refractivity (Wildman–Crippen MR) is 98.7 cm³/mol. The van der Waals surface area contributed by atoms with E-state index in [2.05, 4.69) is 20.4 Å². The Kier molecular flexibility index (Phi) is 3.80. The highest BCUT2D eigenvalue weighted by atomic mass is 16.7. The van der Waals surface area contributed by atoms with E-state index in [1.807, 2.05) is 6.92 Å². The fourth-order valence-electron chi connectivity index (χ4n) is 7.60. The van der Waals surface area contributed by atoms with Crippen molar-refractivity contribution >= 4 is 11.8 Å². The zero-order valence-corrected chi connectivity index (χ0v) is 16.9. The first-order valence-electron chi connectivity index (χ1n) is 10.6. The van der Waals surface area contributed by atoms with Crippen LogP contribution in [0.4, 0.5) is 0 Å². The van der Waals surface area contributed by atoms with Crippen LogP contribution in [0.3, 0.4) is 0 Å². The summed E-state index contributed by atoms with van der Waals surface area (Å²) in [6.07, 6.45) is 1.36. The largest absolute Gasteiger partial charge is 0.461 e. The number of hydrogen-bond donors (Lipinski definition) is 1. The van der Waals surface area contributed by atoms with Gasteiger partial charge in [0.25, 0.3) is 0 Å². The van der Waals surface area contributed by atoms with E-state index < -0.39 is 35.5 Å². The second kappa shape index (κ2) is 5.67. The lowest BCUT2D eigenvalue weighted by atomic mass is 9.43. The highest BCUT2D eigenvalue weighted by Gasteiger charge is 2.80. The van der Waals surface area contributed by atoms with E-state index in [9.17, 15) is 14.7 Å². The van der Waals surface area contributed by atoms with Gasteiger partial charge in [0.05, 0.1) is 5.41 Å². The Hall–Kier alpha value is -1.24. The molecule has 2 bridgehead atoms. The van der Waals surface area contributed by atoms with Crippen LogP contribution in [0.25, 0.3) is 0 Å². The standard InChI is InChI=1S/C22H30O6/c1-5-26-17-15-20(3,4)9-8-14-22(15,19(25)28-17)13-7-6-12-10-21(13,18(24)27-14)16(23)11(12)2/h12-15,17,19,25H,2,5-10H2,1,3-4H3/t12?,13-,14?,15-,17?,19?,21+,22+/m1/s1. The Morgan fingerprint density at radius 3 is 2.71 bits per heavy atom. The van der Waals surface area contributed by atoms with E-state index >= 15 is 0 Å². The monoisotopic (exact) mass is 390 g/mol. The van der Waals surface area contributed by atoms with Crippen LogP contribution in [0.15, 0.2) is 12.2 Å². The molecule has 2 aliphatic heterocycles. The number of hydrogen-bond acceptors (Lipinski definition) is 6. The molecule has 0 aromatic carbocycles. The molecular weight excluding hydrogens is 360 g/mol. The Balaban J connectivity index is 1.72. The van der Waals surface area contributed by atoms with Crippen molar-refractivity contribution in [2.75, 3.05) is 6.61 Å². The summed E-state index contributed by atoms with van der Waals surface area (Å²) in [7, 11) is 0. The van der Waals surface area contributed by atoms with Crippen molar-refractivity contribution in [1.82, 2.24) is 0 Å². The first-order chi connectivity index (χ1) is 13.2. The normalized spacial score (nSPS) is 51.4. The second-order valence-corrected chi connectivity index (χ2v) is 10.1. The van der Waals surface area contributed by atoms with Crippen molar-refractivity contribution in [3.8, 4) is 0 Å². The number of esters is 1. The quantitative estimate of drug-likeness (QED) is 0.443. The molecule has 0 aromatic heterocycles. The van der Waals surface area contributed by atoms with E-state index in [1.165, 1.54) is 0 Å². The van der Waals surface area contributed by atoms with Gasteiger partial charge in [-0.15, -0.1) is 0 Å². The topological polar surface area (TPSA) is 82.1 Å². The summed E-state index contributed by atoms with van der Waals surface area (Å²) in [6.45, 7) is 10.7. The Morgan fingerprint density at radius 2 is 2.00 bits per heavy atom. The van der Waals surface area contributed by atoms with E-state index in [-0.39, 0.29) is 29.0 Å². The SMILES string of the molecule is C=C1C(=O)[C@]23CC1CC[C@H]2[C@@]12C(O)OC(OCC)[C@@H]1C(C)(C)CCC2OC3=O. The van der Waals surface area contributed by atoms with E-state index in [0.717, 1.165) is 12.8 Å². The number of aliphatic hydroxyl groups excluding tert-OH is 1. The molecule has 5 aliphatic rings. The summed E-state index contributed by atoms with van der Waals surface area (Å²) in [5.74, 6) is -0.998. The van der Waals surface area contributed by atoms with Crippen LogP contribution < -0.4 is 0 Å². The predicted octanol–water partition coefficient (Wildman–Crippen LogP) is 2.59. The fourth-order valence-corrected chi connectivity index (χ4v) is 7.60. The average molecular weight is 390 g/mol. The zero-order valence-electron chi connectivity index (χ0n) is 16.9. The Labute approximate surface area is 165 Å². The van der Waals surface area contributed by atoms with Gasteiger partial charge in [0.15, 0.2) is 18.4 Å². The minimum Gasteiger partial charge on any atom is -0.461 e. The molecule has 5 fully saturated rings. The molecule has 3 aliphatic carbocycles. The summed E-state index contributed by atoms with van der Waals surface area (Å²) in [5, 5.41) is 11.3. The number of rotatable bonds is 2. The molecule has 0 radical (unpaired) electrons. The van der Waals surface area contributed by atoms with Crippen molar-refractivity contribution in [3.05, 3.63) is 12.2 Å². The van der Waals surface area contributed by atoms with Crippen LogP contribution in [0, 0.1) is 34.0 Å². The molecule has 5 rings (SSSR count). The molecule has 2 heterocycles. The molecule has 0 aromatic rings. The average Bonchev–Trinajstić information content (AvgIpc) is 3.04. The smallest absolute Gasteiger partial charge is 0.320 e. The number of allylic oxidation sites excluding steroid dienone is 1. The van der Waals surface area contributed by atoms with Gasteiger partial charge in [-0.2, -0.15) is 0 Å². The van der Waals surface area contributed by atoms with Crippen LogP contribution in [0.5, 0.6) is 0 Å². The van der Waals surface area contributed by atoms with Gasteiger partial charge >= 0.3 is 5.97 Å². The van der Waals surface area contributed by atoms with Crippen LogP contribution in [-0.2, 0) is 23.8 Å². The van der Waals surface area contributed by atoms with Crippen molar-refractivity contribution in [2.24, 2.45) is 34.0 Å². The lowest BCUT2D eigenvalue weighted by molar-refractivity contribution is -0.268. The molecule has 0 amide bonds. The molecule has 8 atom stereocenters. The van der Waals surface area contributed by atoms with Crippen molar-refractivity contribution in [2.45, 2.75) is 71.6 Å². The number of ketones is 1. The Bertz CT molecular complexity index is 758. The van der Waals surface area contributed by atoms with Gasteiger partial charge in [-0.3, -0.25) is 9.59 Å². The number of Topliss-reactive ketones (excluding diaryl/α,β-unsaturated/α-hetero) is 1. The number of carbonyl (C=O) groups is 2. The molecule has 6 nitrogen and oxygen atoms in total. The van der Waals surface area contributed by atoms with Gasteiger partial charge in [-0.05, 0) is 61.9 Å². The van der Waals surface area contributed by atoms with Crippen molar-refractivity contribution in [1.29, 1.82) is 0 Å². The second-order valence-electron chi connectivity index (χ2n) is 10.1. The third-order valence-corrected chi connectivity index (χ3v) is 8.66. The lowest BCUT2D eigenvalue weighted by Crippen LogP contribution is -2.70. The molecule has 154 valence electrons. The van der Waals surface area contributed by atoms with Gasteiger partial charge in [-0.1, -0.05) is 20.4 Å². The maximum atomic E-state index is 13.3. The summed E-state index contributed by atoms with van der Waals surface area (Å²) < 4.78 is 17.9. The van der Waals surface area contributed by atoms with Crippen LogP contribution in [0.2, 0.25) is 0 Å². The van der Waals surface area contributed by atoms with Gasteiger partial charge in [0.2, 0.25) is 0 Å². The van der Waals surface area contributed by atoms with E-state index in [4.69, 9.17) is 14.2 Å². The van der Waals surface area contributed by atoms with E-state index in [0.29, 0.717) is 31.4 Å². The summed E-state index contributed by atoms with van der Waals surface area (Å²) in [6, 6.07) is 0. The molecule has 1 N–H and O–H groups in total. The minimum absolute atomic E-state index is 0.0430. The van der Waals surface area contributed by atoms with Crippen LogP contribution in [0.1, 0.15) is 52.9 Å². The molecule has 28 heavy (non-hydrogen) atoms. The lowest BCUT2D eigenvalue weighted by Gasteiger charge is -2.62. The van der Waals surface area contributed by atoms with Gasteiger partial charge < -0.3 is 19.3 Å². The van der Waals surface area contributed by atoms with Crippen molar-refractivity contribution in [3.63, 3.8) is 0 Å². The van der Waals surface area contributed by atoms with Crippen LogP contribution >= 0.6 is 0 Å². The van der Waals surface area contributed by atoms with Crippen molar-refractivity contribution < 1.29 is 28.9 Å². The van der Waals surface area contributed by atoms with Gasteiger partial charge in [0.1, 0.15) is 11.5 Å². The summed E-state index contributed by atoms with van der Waals surface area (Å²) in [4.78, 5) is 26.6. The third-order valence-electron chi connectivity index (χ3n) is 8.66. The first kappa shape index (κ1) is 18.8. The number of ether oxygens (including phenoxy) is 3. The molecule has 4 unspecified atom stereocenters. The maximum absolute atomic E-state index is 13.3. The number of fused-ring (bicyclic) bond motifs is 1. The molecule has 2 saturated heterocycles. The van der Waals surface area contributed by atoms with Crippen LogP contribution in [-0.4, -0.2) is 42.1 Å². The summed E-state index contributed by atoms with van der Waals surface area (Å²) >= 11 is 0. The molecular formula is C22H30O6. The third kappa shape index (κ3) is 1.90. The highest BCUT2D eigenvalue weighted by molar-refractivity contribution is 6.15. The van der Waals surface area contributed by atoms with Gasteiger partial charge in [-0.25, -0.2) is 0 Å². The minimum atomic E-state index is -1.21. The molecule has 3 saturated carbocycles. The maximum Gasteiger partial charge on any atom is 0.320 e. The highest BCUT2D eigenvalue weighted by Crippen LogP contribution is 2.72. The molecule has 2 spiro atoms. The number of carbonyl (C=O) groups excluding carboxylic acids is 2. The van der Waals surface area contributed by atoms with E-state index in [1.54, 1.807) is 0 Å². The number of aliphatic hydroxyl groups is 1. The molecule has 6 heteroatoms. The Morgan fingerprint density at radius 1 is 1.25 bits per heavy atom. The fraction of sp³-hybridized carbons (Fsp3) is 0.818. The zero-order chi connectivity index (χ0) is 20.1. The first-order valence-corrected chi connectivity index (χ1v) is 10.6. The van der Waals surface area contributed by atoms with Gasteiger partial charge in [0, 0.05) is 12.5 Å².